The van der Waals surface area contributed by atoms with Gasteiger partial charge in [0.2, 0.25) is 5.91 Å². The van der Waals surface area contributed by atoms with E-state index in [1.54, 1.807) is 0 Å². The van der Waals surface area contributed by atoms with Crippen molar-refractivity contribution in [1.29, 1.82) is 0 Å². The van der Waals surface area contributed by atoms with Crippen LogP contribution in [0.2, 0.25) is 0 Å². The first kappa shape index (κ1) is 14.3. The van der Waals surface area contributed by atoms with Gasteiger partial charge in [0.1, 0.15) is 5.60 Å². The maximum Gasteiger partial charge on any atom is 0.224 e. The van der Waals surface area contributed by atoms with Gasteiger partial charge in [-0.05, 0) is 13.3 Å². The van der Waals surface area contributed by atoms with Gasteiger partial charge in [-0.25, -0.2) is 0 Å². The fourth-order valence-electron chi connectivity index (χ4n) is 1.18. The Bertz CT molecular complexity index is 195. The van der Waals surface area contributed by atoms with E-state index < -0.39 is 5.60 Å². The molecule has 2 atom stereocenters. The molecule has 2 unspecified atom stereocenters. The first-order chi connectivity index (χ1) is 6.96. The molecule has 0 aromatic heterocycles. The molecule has 5 heteroatoms. The molecule has 0 spiro atoms. The van der Waals surface area contributed by atoms with Gasteiger partial charge in [-0.3, -0.25) is 4.79 Å². The average molecular weight is 218 g/mol. The smallest absolute Gasteiger partial charge is 0.224 e. The minimum absolute atomic E-state index is 0.0442. The molecule has 15 heavy (non-hydrogen) atoms. The van der Waals surface area contributed by atoms with E-state index in [0.717, 1.165) is 12.8 Å². The van der Waals surface area contributed by atoms with E-state index in [4.69, 9.17) is 10.8 Å². The van der Waals surface area contributed by atoms with Crippen molar-refractivity contribution in [3.8, 4) is 0 Å². The zero-order chi connectivity index (χ0) is 11.9. The maximum absolute atomic E-state index is 11.5. The minimum Gasteiger partial charge on any atom is -0.393 e. The van der Waals surface area contributed by atoms with Gasteiger partial charge < -0.3 is 21.3 Å². The highest BCUT2D eigenvalue weighted by molar-refractivity contribution is 5.78. The Labute approximate surface area is 90.7 Å². The molecule has 0 saturated carbocycles. The van der Waals surface area contributed by atoms with Crippen LogP contribution in [0.5, 0.6) is 0 Å². The summed E-state index contributed by atoms with van der Waals surface area (Å²) in [4.78, 5) is 11.5. The SMILES string of the molecule is CCCC(CN)C(=O)NCC(C)(O)CO. The van der Waals surface area contributed by atoms with Crippen molar-refractivity contribution in [3.63, 3.8) is 0 Å². The molecule has 0 aliphatic carbocycles. The molecule has 5 N–H and O–H groups in total. The van der Waals surface area contributed by atoms with Crippen LogP contribution in [0.25, 0.3) is 0 Å². The Morgan fingerprint density at radius 2 is 2.20 bits per heavy atom. The van der Waals surface area contributed by atoms with Crippen LogP contribution in [0.1, 0.15) is 26.7 Å². The number of carbonyl (C=O) groups is 1. The molecule has 0 radical (unpaired) electrons. The molecule has 5 nitrogen and oxygen atoms in total. The number of hydrogen-bond donors (Lipinski definition) is 4. The number of aliphatic hydroxyl groups is 2. The molecule has 0 aliphatic rings. The van der Waals surface area contributed by atoms with Gasteiger partial charge >= 0.3 is 0 Å². The summed E-state index contributed by atoms with van der Waals surface area (Å²) in [6, 6.07) is 0. The quantitative estimate of drug-likeness (QED) is 0.451. The molecule has 0 heterocycles. The molecule has 0 aromatic rings. The van der Waals surface area contributed by atoms with Gasteiger partial charge in [0, 0.05) is 13.1 Å². The standard InChI is InChI=1S/C10H22N2O3/c1-3-4-8(5-11)9(14)12-6-10(2,15)7-13/h8,13,15H,3-7,11H2,1-2H3,(H,12,14). The lowest BCUT2D eigenvalue weighted by molar-refractivity contribution is -0.126. The first-order valence-corrected chi connectivity index (χ1v) is 5.28. The van der Waals surface area contributed by atoms with E-state index in [-0.39, 0.29) is 25.0 Å². The van der Waals surface area contributed by atoms with Crippen LogP contribution in [0, 0.1) is 5.92 Å². The summed E-state index contributed by atoms with van der Waals surface area (Å²) in [5, 5.41) is 20.8. The summed E-state index contributed by atoms with van der Waals surface area (Å²) in [6.45, 7) is 3.42. The number of nitrogens with two attached hydrogens (primary N) is 1. The summed E-state index contributed by atoms with van der Waals surface area (Å²) < 4.78 is 0. The summed E-state index contributed by atoms with van der Waals surface area (Å²) in [6.07, 6.45) is 1.63. The first-order valence-electron chi connectivity index (χ1n) is 5.28. The molecule has 0 bridgehead atoms. The Balaban J connectivity index is 4.01. The Kier molecular flexibility index (Phi) is 6.47. The van der Waals surface area contributed by atoms with Gasteiger partial charge in [-0.1, -0.05) is 13.3 Å². The van der Waals surface area contributed by atoms with Crippen LogP contribution >= 0.6 is 0 Å². The van der Waals surface area contributed by atoms with Crippen molar-refractivity contribution in [2.75, 3.05) is 19.7 Å². The normalized spacial score (nSPS) is 16.9. The van der Waals surface area contributed by atoms with Gasteiger partial charge in [0.15, 0.2) is 0 Å². The van der Waals surface area contributed by atoms with Crippen molar-refractivity contribution in [1.82, 2.24) is 5.32 Å². The zero-order valence-corrected chi connectivity index (χ0v) is 9.49. The van der Waals surface area contributed by atoms with Crippen LogP contribution in [-0.2, 0) is 4.79 Å². The molecule has 1 amide bonds. The topological polar surface area (TPSA) is 95.6 Å². The van der Waals surface area contributed by atoms with Crippen LogP contribution in [-0.4, -0.2) is 41.4 Å². The second-order valence-electron chi connectivity index (χ2n) is 4.09. The Hall–Kier alpha value is -0.650. The third kappa shape index (κ3) is 5.71. The molecule has 0 saturated heterocycles. The molecular weight excluding hydrogens is 196 g/mol. The number of hydrogen-bond acceptors (Lipinski definition) is 4. The van der Waals surface area contributed by atoms with Crippen molar-refractivity contribution in [2.45, 2.75) is 32.3 Å². The third-order valence-electron chi connectivity index (χ3n) is 2.28. The van der Waals surface area contributed by atoms with Crippen LogP contribution in [0.3, 0.4) is 0 Å². The summed E-state index contributed by atoms with van der Waals surface area (Å²) in [7, 11) is 0. The lowest BCUT2D eigenvalue weighted by atomic mass is 10.0. The van der Waals surface area contributed by atoms with E-state index in [9.17, 15) is 9.90 Å². The average Bonchev–Trinajstić information content (AvgIpc) is 2.22. The molecule has 90 valence electrons. The largest absolute Gasteiger partial charge is 0.393 e. The van der Waals surface area contributed by atoms with Crippen molar-refractivity contribution >= 4 is 5.91 Å². The highest BCUT2D eigenvalue weighted by Gasteiger charge is 2.22. The Morgan fingerprint density at radius 1 is 1.60 bits per heavy atom. The van der Waals surface area contributed by atoms with Gasteiger partial charge in [0.05, 0.1) is 12.5 Å². The summed E-state index contributed by atoms with van der Waals surface area (Å²) >= 11 is 0. The number of rotatable bonds is 7. The van der Waals surface area contributed by atoms with Crippen molar-refractivity contribution in [2.24, 2.45) is 11.7 Å². The fourth-order valence-corrected chi connectivity index (χ4v) is 1.18. The highest BCUT2D eigenvalue weighted by atomic mass is 16.3. The lowest BCUT2D eigenvalue weighted by Crippen LogP contribution is -2.46. The number of carbonyl (C=O) groups excluding carboxylic acids is 1. The maximum atomic E-state index is 11.5. The predicted octanol–water partition coefficient (Wildman–Crippen LogP) is -0.779. The molecule has 0 fully saturated rings. The molecule has 0 aromatic carbocycles. The van der Waals surface area contributed by atoms with Gasteiger partial charge in [0.25, 0.3) is 0 Å². The van der Waals surface area contributed by atoms with E-state index in [0.29, 0.717) is 6.54 Å². The van der Waals surface area contributed by atoms with Gasteiger partial charge in [-0.15, -0.1) is 0 Å². The number of amides is 1. The monoisotopic (exact) mass is 218 g/mol. The highest BCUT2D eigenvalue weighted by Crippen LogP contribution is 2.05. The van der Waals surface area contributed by atoms with Crippen LogP contribution in [0.15, 0.2) is 0 Å². The number of aliphatic hydroxyl groups excluding tert-OH is 1. The molecular formula is C10H22N2O3. The minimum atomic E-state index is -1.26. The van der Waals surface area contributed by atoms with E-state index in [1.165, 1.54) is 6.92 Å². The third-order valence-corrected chi connectivity index (χ3v) is 2.28. The fraction of sp³-hybridized carbons (Fsp3) is 0.900. The molecule has 0 aliphatic heterocycles. The number of nitrogens with one attached hydrogen (secondary N) is 1. The van der Waals surface area contributed by atoms with Gasteiger partial charge in [-0.2, -0.15) is 0 Å². The van der Waals surface area contributed by atoms with Crippen LogP contribution < -0.4 is 11.1 Å². The van der Waals surface area contributed by atoms with E-state index in [2.05, 4.69) is 5.32 Å². The Morgan fingerprint density at radius 3 is 2.60 bits per heavy atom. The molecule has 0 rings (SSSR count). The lowest BCUT2D eigenvalue weighted by Gasteiger charge is -2.22. The second kappa shape index (κ2) is 6.76. The van der Waals surface area contributed by atoms with Crippen LogP contribution in [0.4, 0.5) is 0 Å². The summed E-state index contributed by atoms with van der Waals surface area (Å²) in [5.74, 6) is -0.363. The second-order valence-corrected chi connectivity index (χ2v) is 4.09. The summed E-state index contributed by atoms with van der Waals surface area (Å²) in [5.41, 5.74) is 4.20. The van der Waals surface area contributed by atoms with Crippen molar-refractivity contribution in [3.05, 3.63) is 0 Å². The zero-order valence-electron chi connectivity index (χ0n) is 9.49. The van der Waals surface area contributed by atoms with E-state index in [1.807, 2.05) is 6.92 Å². The van der Waals surface area contributed by atoms with E-state index >= 15 is 0 Å². The van der Waals surface area contributed by atoms with Crippen molar-refractivity contribution < 1.29 is 15.0 Å². The predicted molar refractivity (Wildman–Crippen MR) is 58.2 cm³/mol.